The Labute approximate surface area is 136 Å². The number of nitriles is 1. The molecular formula is C16H15F3N4O. The summed E-state index contributed by atoms with van der Waals surface area (Å²) in [5, 5.41) is 14.5. The van der Waals surface area contributed by atoms with Crippen molar-refractivity contribution in [3.63, 3.8) is 0 Å². The van der Waals surface area contributed by atoms with Gasteiger partial charge in [0.15, 0.2) is 0 Å². The van der Waals surface area contributed by atoms with Crippen LogP contribution in [0.15, 0.2) is 18.2 Å². The predicted octanol–water partition coefficient (Wildman–Crippen LogP) is 2.81. The molecule has 0 saturated heterocycles. The molecule has 8 heteroatoms. The van der Waals surface area contributed by atoms with E-state index in [9.17, 15) is 23.2 Å². The molecule has 0 bridgehead atoms. The van der Waals surface area contributed by atoms with Gasteiger partial charge in [-0.15, -0.1) is 0 Å². The number of carbonyl (C=O) groups is 1. The van der Waals surface area contributed by atoms with Gasteiger partial charge in [-0.3, -0.25) is 4.79 Å². The second-order valence-electron chi connectivity index (χ2n) is 5.31. The lowest BCUT2D eigenvalue weighted by Gasteiger charge is -2.11. The van der Waals surface area contributed by atoms with Crippen molar-refractivity contribution in [1.82, 2.24) is 10.3 Å². The minimum Gasteiger partial charge on any atom is -0.367 e. The summed E-state index contributed by atoms with van der Waals surface area (Å²) in [6, 6.07) is 7.48. The second-order valence-corrected chi connectivity index (χ2v) is 5.31. The molecule has 1 heterocycles. The molecule has 0 aliphatic rings. The quantitative estimate of drug-likeness (QED) is 0.842. The van der Waals surface area contributed by atoms with Gasteiger partial charge in [-0.1, -0.05) is 0 Å². The Kier molecular flexibility index (Phi) is 4.93. The van der Waals surface area contributed by atoms with E-state index in [1.807, 2.05) is 32.0 Å². The van der Waals surface area contributed by atoms with E-state index in [0.717, 1.165) is 16.5 Å². The Morgan fingerprint density at radius 1 is 1.21 bits per heavy atom. The topological polar surface area (TPSA) is 77.8 Å². The summed E-state index contributed by atoms with van der Waals surface area (Å²) >= 11 is 0. The molecule has 1 amide bonds. The molecule has 2 aromatic rings. The zero-order chi connectivity index (χ0) is 17.9. The number of hydrogen-bond donors (Lipinski definition) is 2. The third kappa shape index (κ3) is 3.93. The van der Waals surface area contributed by atoms with Crippen LogP contribution < -0.4 is 10.6 Å². The molecule has 1 aromatic carbocycles. The van der Waals surface area contributed by atoms with Gasteiger partial charge in [0, 0.05) is 18.5 Å². The molecule has 1 aromatic heterocycles. The van der Waals surface area contributed by atoms with Crippen LogP contribution in [-0.4, -0.2) is 30.2 Å². The first kappa shape index (κ1) is 17.5. The predicted molar refractivity (Wildman–Crippen MR) is 83.5 cm³/mol. The highest BCUT2D eigenvalue weighted by Crippen LogP contribution is 2.23. The van der Waals surface area contributed by atoms with Crippen molar-refractivity contribution in [2.24, 2.45) is 0 Å². The number of aryl methyl sites for hydroxylation is 2. The lowest BCUT2D eigenvalue weighted by atomic mass is 10.0. The van der Waals surface area contributed by atoms with E-state index in [0.29, 0.717) is 5.52 Å². The first-order valence-electron chi connectivity index (χ1n) is 7.13. The lowest BCUT2D eigenvalue weighted by Crippen LogP contribution is -2.39. The van der Waals surface area contributed by atoms with Crippen LogP contribution in [0, 0.1) is 25.2 Å². The summed E-state index contributed by atoms with van der Waals surface area (Å²) in [7, 11) is 0. The number of rotatable bonds is 4. The fourth-order valence-corrected chi connectivity index (χ4v) is 2.12. The number of fused-ring (bicyclic) bond motifs is 1. The van der Waals surface area contributed by atoms with Gasteiger partial charge in [-0.05, 0) is 43.2 Å². The molecule has 0 unspecified atom stereocenters. The maximum absolute atomic E-state index is 12.1. The summed E-state index contributed by atoms with van der Waals surface area (Å²) in [4.78, 5) is 15.1. The largest absolute Gasteiger partial charge is 0.471 e. The van der Waals surface area contributed by atoms with Crippen LogP contribution in [0.2, 0.25) is 0 Å². The minimum atomic E-state index is -4.91. The van der Waals surface area contributed by atoms with Gasteiger partial charge in [0.2, 0.25) is 0 Å². The zero-order valence-electron chi connectivity index (χ0n) is 13.1. The van der Waals surface area contributed by atoms with Crippen molar-refractivity contribution >= 4 is 22.6 Å². The number of alkyl halides is 3. The molecule has 2 rings (SSSR count). The highest BCUT2D eigenvalue weighted by atomic mass is 19.4. The van der Waals surface area contributed by atoms with Gasteiger partial charge >= 0.3 is 12.1 Å². The number of hydrogen-bond acceptors (Lipinski definition) is 4. The molecule has 5 nitrogen and oxygen atoms in total. The number of benzene rings is 1. The maximum atomic E-state index is 12.1. The van der Waals surface area contributed by atoms with Crippen LogP contribution in [-0.2, 0) is 4.79 Å². The molecular weight excluding hydrogens is 321 g/mol. The van der Waals surface area contributed by atoms with E-state index in [4.69, 9.17) is 0 Å². The van der Waals surface area contributed by atoms with Crippen LogP contribution >= 0.6 is 0 Å². The van der Waals surface area contributed by atoms with E-state index in [2.05, 4.69) is 10.3 Å². The first-order valence-corrected chi connectivity index (χ1v) is 7.13. The van der Waals surface area contributed by atoms with Crippen molar-refractivity contribution in [3.05, 3.63) is 34.9 Å². The average Bonchev–Trinajstić information content (AvgIpc) is 2.51. The Morgan fingerprint density at radius 2 is 1.88 bits per heavy atom. The van der Waals surface area contributed by atoms with Crippen LogP contribution in [0.3, 0.4) is 0 Å². The third-order valence-corrected chi connectivity index (χ3v) is 3.51. The smallest absolute Gasteiger partial charge is 0.367 e. The van der Waals surface area contributed by atoms with Crippen LogP contribution in [0.25, 0.3) is 10.9 Å². The van der Waals surface area contributed by atoms with Crippen molar-refractivity contribution in [3.8, 4) is 6.07 Å². The molecule has 0 aliphatic carbocycles. The molecule has 0 fully saturated rings. The Bertz CT molecular complexity index is 825. The highest BCUT2D eigenvalue weighted by Gasteiger charge is 2.38. The van der Waals surface area contributed by atoms with Gasteiger partial charge < -0.3 is 10.6 Å². The first-order chi connectivity index (χ1) is 11.2. The molecule has 0 spiro atoms. The van der Waals surface area contributed by atoms with Gasteiger partial charge in [-0.25, -0.2) is 4.98 Å². The maximum Gasteiger partial charge on any atom is 0.471 e. The Balaban J connectivity index is 2.12. The van der Waals surface area contributed by atoms with E-state index >= 15 is 0 Å². The van der Waals surface area contributed by atoms with Crippen LogP contribution in [0.1, 0.15) is 16.7 Å². The van der Waals surface area contributed by atoms with Crippen molar-refractivity contribution in [2.75, 3.05) is 18.4 Å². The van der Waals surface area contributed by atoms with Crippen molar-refractivity contribution < 1.29 is 18.0 Å². The molecule has 0 saturated carbocycles. The highest BCUT2D eigenvalue weighted by molar-refractivity contribution is 5.84. The zero-order valence-corrected chi connectivity index (χ0v) is 13.1. The van der Waals surface area contributed by atoms with Crippen molar-refractivity contribution in [1.29, 1.82) is 5.26 Å². The Morgan fingerprint density at radius 3 is 2.50 bits per heavy atom. The number of pyridine rings is 1. The normalized spacial score (nSPS) is 11.2. The fourth-order valence-electron chi connectivity index (χ4n) is 2.12. The number of anilines is 1. The average molecular weight is 336 g/mol. The number of aromatic nitrogens is 1. The third-order valence-electron chi connectivity index (χ3n) is 3.51. The summed E-state index contributed by atoms with van der Waals surface area (Å²) in [5.41, 5.74) is 3.08. The molecule has 0 atom stereocenters. The second kappa shape index (κ2) is 6.74. The number of halogens is 3. The van der Waals surface area contributed by atoms with E-state index < -0.39 is 12.1 Å². The van der Waals surface area contributed by atoms with Gasteiger partial charge in [-0.2, -0.15) is 18.4 Å². The van der Waals surface area contributed by atoms with E-state index in [1.54, 1.807) is 11.4 Å². The summed E-state index contributed by atoms with van der Waals surface area (Å²) in [6.45, 7) is 3.67. The summed E-state index contributed by atoms with van der Waals surface area (Å²) in [5.74, 6) is -1.73. The number of amides is 1. The van der Waals surface area contributed by atoms with E-state index in [1.165, 1.54) is 0 Å². The lowest BCUT2D eigenvalue weighted by molar-refractivity contribution is -0.173. The molecule has 2 N–H and O–H groups in total. The van der Waals surface area contributed by atoms with Crippen molar-refractivity contribution in [2.45, 2.75) is 20.0 Å². The number of carbonyl (C=O) groups excluding carboxylic acids is 1. The number of nitrogens with zero attached hydrogens (tertiary/aromatic N) is 2. The van der Waals surface area contributed by atoms with E-state index in [-0.39, 0.29) is 24.5 Å². The molecule has 24 heavy (non-hydrogen) atoms. The number of nitrogens with one attached hydrogen (secondary N) is 2. The SMILES string of the molecule is Cc1cc2cc(C#N)c(NCCNC(=O)C(F)(F)F)nc2cc1C. The molecule has 0 aliphatic heterocycles. The van der Waals surface area contributed by atoms with Gasteiger partial charge in [0.05, 0.1) is 11.1 Å². The standard InChI is InChI=1S/C16H15F3N4O/c1-9-5-11-7-12(8-20)14(23-13(11)6-10(9)2)21-3-4-22-15(24)16(17,18)19/h5-7H,3-4H2,1-2H3,(H,21,23)(H,22,24). The monoisotopic (exact) mass is 336 g/mol. The molecule has 126 valence electrons. The van der Waals surface area contributed by atoms with Crippen LogP contribution in [0.5, 0.6) is 0 Å². The van der Waals surface area contributed by atoms with Gasteiger partial charge in [0.1, 0.15) is 11.9 Å². The van der Waals surface area contributed by atoms with Gasteiger partial charge in [0.25, 0.3) is 0 Å². The fraction of sp³-hybridized carbons (Fsp3) is 0.312. The van der Waals surface area contributed by atoms with Crippen LogP contribution in [0.4, 0.5) is 19.0 Å². The summed E-state index contributed by atoms with van der Waals surface area (Å²) < 4.78 is 36.2. The minimum absolute atomic E-state index is 0.0137. The Hall–Kier alpha value is -2.82. The summed E-state index contributed by atoms with van der Waals surface area (Å²) in [6.07, 6.45) is -4.91. The molecule has 0 radical (unpaired) electrons.